The van der Waals surface area contributed by atoms with E-state index in [1.807, 2.05) is 24.3 Å². The lowest BCUT2D eigenvalue weighted by Crippen LogP contribution is -2.16. The van der Waals surface area contributed by atoms with Gasteiger partial charge in [-0.15, -0.1) is 11.3 Å². The van der Waals surface area contributed by atoms with Gasteiger partial charge in [0, 0.05) is 10.3 Å². The number of nitrogens with two attached hydrogens (primary N) is 1. The first kappa shape index (κ1) is 16.6. The first-order chi connectivity index (χ1) is 11.7. The fourth-order valence-electron chi connectivity index (χ4n) is 2.52. The lowest BCUT2D eigenvalue weighted by atomic mass is 10.00. The summed E-state index contributed by atoms with van der Waals surface area (Å²) in [6.07, 6.45) is 0. The van der Waals surface area contributed by atoms with Crippen molar-refractivity contribution in [3.63, 3.8) is 0 Å². The standard InChI is InChI=1S/C17H15N3O2S2/c18-20-19-17(21)11-24(22)10-14-3-1-2-4-15(14)12-5-6-16-13(9-12)7-8-23-16/h1-9H,10-11H2,(H2,18,19,21). The molecule has 1 amide bonds. The number of fused-ring (bicyclic) bond motifs is 1. The highest BCUT2D eigenvalue weighted by atomic mass is 32.2. The number of nitrogens with zero attached hydrogens (tertiary/aromatic N) is 2. The molecule has 0 aliphatic heterocycles. The van der Waals surface area contributed by atoms with Crippen molar-refractivity contribution in [1.29, 1.82) is 0 Å². The van der Waals surface area contributed by atoms with Crippen LogP contribution < -0.4 is 5.84 Å². The maximum atomic E-state index is 12.2. The van der Waals surface area contributed by atoms with Gasteiger partial charge in [-0.2, -0.15) is 0 Å². The summed E-state index contributed by atoms with van der Waals surface area (Å²) in [7, 11) is 0. The molecule has 0 bridgehead atoms. The second-order valence-corrected chi connectivity index (χ2v) is 7.57. The van der Waals surface area contributed by atoms with E-state index in [1.165, 1.54) is 10.1 Å². The Morgan fingerprint density at radius 2 is 2.04 bits per heavy atom. The molecule has 2 N–H and O–H groups in total. The minimum atomic E-state index is -1.36. The molecule has 7 heteroatoms. The molecule has 122 valence electrons. The molecule has 0 aliphatic rings. The lowest BCUT2D eigenvalue weighted by molar-refractivity contribution is -0.116. The van der Waals surface area contributed by atoms with Crippen LogP contribution in [0, 0.1) is 0 Å². The van der Waals surface area contributed by atoms with Gasteiger partial charge in [0.2, 0.25) is 0 Å². The second-order valence-electron chi connectivity index (χ2n) is 5.17. The molecule has 3 aromatic rings. The molecular weight excluding hydrogens is 342 g/mol. The average Bonchev–Trinajstić information content (AvgIpc) is 3.03. The van der Waals surface area contributed by atoms with E-state index in [0.717, 1.165) is 16.7 Å². The molecule has 0 saturated heterocycles. The molecule has 1 atom stereocenters. The summed E-state index contributed by atoms with van der Waals surface area (Å²) in [6.45, 7) is 0. The van der Waals surface area contributed by atoms with Crippen LogP contribution >= 0.6 is 11.3 Å². The van der Waals surface area contributed by atoms with Crippen molar-refractivity contribution in [1.82, 2.24) is 0 Å². The summed E-state index contributed by atoms with van der Waals surface area (Å²) in [5, 5.41) is 9.36. The maximum absolute atomic E-state index is 12.2. The van der Waals surface area contributed by atoms with E-state index < -0.39 is 17.1 Å². The van der Waals surface area contributed by atoms with Crippen LogP contribution in [0.15, 0.2) is 64.2 Å². The molecule has 0 aliphatic carbocycles. The normalized spacial score (nSPS) is 12.7. The van der Waals surface area contributed by atoms with E-state index in [9.17, 15) is 9.35 Å². The van der Waals surface area contributed by atoms with Crippen LogP contribution in [0.25, 0.3) is 21.2 Å². The predicted molar refractivity (Wildman–Crippen MR) is 98.0 cm³/mol. The van der Waals surface area contributed by atoms with Crippen LogP contribution in [0.1, 0.15) is 5.56 Å². The van der Waals surface area contributed by atoms with E-state index in [1.54, 1.807) is 11.3 Å². The fourth-order valence-corrected chi connectivity index (χ4v) is 4.32. The smallest absolute Gasteiger partial charge is 0.315 e. The molecular formula is C17H15N3O2S2. The van der Waals surface area contributed by atoms with Crippen molar-refractivity contribution in [3.8, 4) is 11.1 Å². The molecule has 0 saturated carbocycles. The Kier molecular flexibility index (Phi) is 5.24. The molecule has 24 heavy (non-hydrogen) atoms. The first-order valence-electron chi connectivity index (χ1n) is 7.21. The molecule has 5 nitrogen and oxygen atoms in total. The number of carbonyl (C=O) groups is 1. The first-order valence-corrected chi connectivity index (χ1v) is 9.58. The minimum absolute atomic E-state index is 0.182. The number of benzene rings is 2. The Morgan fingerprint density at radius 3 is 2.88 bits per heavy atom. The van der Waals surface area contributed by atoms with Gasteiger partial charge >= 0.3 is 5.91 Å². The molecule has 1 unspecified atom stereocenters. The summed E-state index contributed by atoms with van der Waals surface area (Å²) in [6, 6.07) is 16.2. The lowest BCUT2D eigenvalue weighted by Gasteiger charge is -2.13. The summed E-state index contributed by atoms with van der Waals surface area (Å²) in [5.41, 5.74) is 3.02. The third kappa shape index (κ3) is 3.81. The fraction of sp³-hybridized carbons (Fsp3) is 0.118. The van der Waals surface area contributed by atoms with Gasteiger partial charge in [0.1, 0.15) is 5.75 Å². The van der Waals surface area contributed by atoms with E-state index >= 15 is 0 Å². The summed E-state index contributed by atoms with van der Waals surface area (Å²) in [5.74, 6) is 4.36. The number of carbonyl (C=O) groups excluding carboxylic acids is 1. The maximum Gasteiger partial charge on any atom is 0.315 e. The third-order valence-electron chi connectivity index (χ3n) is 3.55. The van der Waals surface area contributed by atoms with Gasteiger partial charge < -0.3 is 10.4 Å². The van der Waals surface area contributed by atoms with Crippen molar-refractivity contribution in [2.45, 2.75) is 5.75 Å². The van der Waals surface area contributed by atoms with Crippen LogP contribution in [-0.4, -0.2) is 16.2 Å². The number of hydrogen-bond donors (Lipinski definition) is 1. The quantitative estimate of drug-likeness (QED) is 0.327. The van der Waals surface area contributed by atoms with Crippen molar-refractivity contribution >= 4 is 38.5 Å². The molecule has 2 aromatic carbocycles. The molecule has 0 radical (unpaired) electrons. The van der Waals surface area contributed by atoms with Gasteiger partial charge in [-0.3, -0.25) is 4.79 Å². The monoisotopic (exact) mass is 357 g/mol. The summed E-state index contributed by atoms with van der Waals surface area (Å²) < 4.78 is 13.4. The SMILES string of the molecule is NN=NC(=O)C[S+]([O-])Cc1ccccc1-c1ccc2sccc2c1. The van der Waals surface area contributed by atoms with Crippen molar-refractivity contribution in [2.75, 3.05) is 5.75 Å². The molecule has 3 rings (SSSR count). The number of amides is 1. The number of hydrogen-bond acceptors (Lipinski definition) is 4. The molecule has 1 aromatic heterocycles. The number of thiophene rings is 1. The van der Waals surface area contributed by atoms with E-state index in [2.05, 4.69) is 40.0 Å². The Labute approximate surface area is 146 Å². The van der Waals surface area contributed by atoms with Crippen molar-refractivity contribution in [2.24, 2.45) is 16.2 Å². The van der Waals surface area contributed by atoms with Gasteiger partial charge in [0.05, 0.1) is 0 Å². The Balaban J connectivity index is 1.86. The highest BCUT2D eigenvalue weighted by molar-refractivity contribution is 7.91. The van der Waals surface area contributed by atoms with E-state index in [4.69, 9.17) is 5.84 Å². The van der Waals surface area contributed by atoms with Gasteiger partial charge in [0.15, 0.2) is 5.75 Å². The van der Waals surface area contributed by atoms with E-state index in [-0.39, 0.29) is 11.5 Å². The summed E-state index contributed by atoms with van der Waals surface area (Å²) in [4.78, 5) is 11.4. The third-order valence-corrected chi connectivity index (χ3v) is 5.65. The second kappa shape index (κ2) is 7.57. The van der Waals surface area contributed by atoms with Gasteiger partial charge in [-0.05, 0) is 51.3 Å². The van der Waals surface area contributed by atoms with Crippen LogP contribution in [0.2, 0.25) is 0 Å². The van der Waals surface area contributed by atoms with Crippen LogP contribution in [-0.2, 0) is 21.7 Å². The van der Waals surface area contributed by atoms with Crippen molar-refractivity contribution in [3.05, 3.63) is 59.5 Å². The van der Waals surface area contributed by atoms with Crippen LogP contribution in [0.5, 0.6) is 0 Å². The molecule has 0 fully saturated rings. The Morgan fingerprint density at radius 1 is 1.21 bits per heavy atom. The topological polar surface area (TPSA) is 90.9 Å². The zero-order valence-electron chi connectivity index (χ0n) is 12.7. The molecule has 1 heterocycles. The number of rotatable bonds is 5. The Hall–Kier alpha value is -2.22. The zero-order valence-corrected chi connectivity index (χ0v) is 14.3. The highest BCUT2D eigenvalue weighted by Gasteiger charge is 2.16. The van der Waals surface area contributed by atoms with Gasteiger partial charge in [0.25, 0.3) is 0 Å². The summed E-state index contributed by atoms with van der Waals surface area (Å²) >= 11 is 0.339. The Bertz CT molecular complexity index is 892. The van der Waals surface area contributed by atoms with Crippen molar-refractivity contribution < 1.29 is 9.35 Å². The van der Waals surface area contributed by atoms with Gasteiger partial charge in [-0.1, -0.05) is 40.7 Å². The highest BCUT2D eigenvalue weighted by Crippen LogP contribution is 2.30. The average molecular weight is 357 g/mol. The zero-order chi connectivity index (χ0) is 16.9. The predicted octanol–water partition coefficient (Wildman–Crippen LogP) is 3.67. The van der Waals surface area contributed by atoms with E-state index in [0.29, 0.717) is 0 Å². The molecule has 0 spiro atoms. The van der Waals surface area contributed by atoms with Gasteiger partial charge in [-0.25, -0.2) is 0 Å². The minimum Gasteiger partial charge on any atom is -0.616 e. The van der Waals surface area contributed by atoms with Crippen LogP contribution in [0.4, 0.5) is 0 Å². The largest absolute Gasteiger partial charge is 0.616 e. The van der Waals surface area contributed by atoms with Crippen LogP contribution in [0.3, 0.4) is 0 Å².